The van der Waals surface area contributed by atoms with Crippen molar-refractivity contribution in [3.63, 3.8) is 0 Å². The highest BCUT2D eigenvalue weighted by atomic mass is 32.2. The van der Waals surface area contributed by atoms with Crippen LogP contribution in [0.25, 0.3) is 39.1 Å². The molecule has 0 radical (unpaired) electrons. The Balaban J connectivity index is 1.31. The van der Waals surface area contributed by atoms with Crippen LogP contribution < -0.4 is 31.1 Å². The highest BCUT2D eigenvalue weighted by Crippen LogP contribution is 2.38. The molecule has 262 valence electrons. The Morgan fingerprint density at radius 2 is 1.26 bits per heavy atom. The minimum atomic E-state index is -2.94. The van der Waals surface area contributed by atoms with Gasteiger partial charge in [-0.05, 0) is 71.9 Å². The highest BCUT2D eigenvalue weighted by molar-refractivity contribution is 8.00. The van der Waals surface area contributed by atoms with Crippen LogP contribution in [0.3, 0.4) is 0 Å². The van der Waals surface area contributed by atoms with Gasteiger partial charge in [-0.15, -0.1) is 0 Å². The summed E-state index contributed by atoms with van der Waals surface area (Å²) in [6.07, 6.45) is 0. The van der Waals surface area contributed by atoms with E-state index in [1.54, 1.807) is 10.4 Å². The zero-order valence-electron chi connectivity index (χ0n) is 30.9. The fourth-order valence-corrected chi connectivity index (χ4v) is 19.1. The van der Waals surface area contributed by atoms with Gasteiger partial charge in [-0.1, -0.05) is 179 Å². The van der Waals surface area contributed by atoms with Crippen molar-refractivity contribution >= 4 is 87.7 Å². The van der Waals surface area contributed by atoms with Crippen LogP contribution >= 0.6 is 11.8 Å². The molecule has 0 spiro atoms. The summed E-state index contributed by atoms with van der Waals surface area (Å²) < 4.78 is 8.49. The highest BCUT2D eigenvalue weighted by Gasteiger charge is 2.45. The number of fused-ring (bicyclic) bond motifs is 7. The molecule has 7 aromatic carbocycles. The van der Waals surface area contributed by atoms with Crippen molar-refractivity contribution in [2.24, 2.45) is 0 Å². The lowest BCUT2D eigenvalue weighted by molar-refractivity contribution is 0.592. The first-order valence-electron chi connectivity index (χ1n) is 18.8. The molecular weight excluding hydrogens is 709 g/mol. The molecular formula is C48H40N2OSSi2. The lowest BCUT2D eigenvalue weighted by atomic mass is 9.81. The minimum absolute atomic E-state index is 0.113. The molecule has 0 fully saturated rings. The lowest BCUT2D eigenvalue weighted by Gasteiger charge is -2.38. The molecule has 54 heavy (non-hydrogen) atoms. The lowest BCUT2D eigenvalue weighted by Crippen LogP contribution is -2.75. The fraction of sp³-hybridized carbons (Fsp3) is 0.104. The number of rotatable bonds is 5. The quantitative estimate of drug-likeness (QED) is 0.132. The monoisotopic (exact) mass is 748 g/mol. The van der Waals surface area contributed by atoms with E-state index >= 15 is 0 Å². The molecule has 9 aromatic rings. The topological polar surface area (TPSA) is 30.4 Å². The average molecular weight is 749 g/mol. The van der Waals surface area contributed by atoms with Gasteiger partial charge in [-0.3, -0.25) is 4.40 Å². The van der Waals surface area contributed by atoms with Crippen molar-refractivity contribution in [2.75, 3.05) is 0 Å². The Morgan fingerprint density at radius 1 is 0.611 bits per heavy atom. The summed E-state index contributed by atoms with van der Waals surface area (Å²) >= 11 is 1.98. The van der Waals surface area contributed by atoms with Crippen molar-refractivity contribution in [2.45, 2.75) is 42.5 Å². The van der Waals surface area contributed by atoms with Gasteiger partial charge in [0.2, 0.25) is 0 Å². The summed E-state index contributed by atoms with van der Waals surface area (Å²) in [5.74, 6) is 0.621. The Hall–Kier alpha value is -5.41. The molecule has 0 N–H and O–H groups in total. The van der Waals surface area contributed by atoms with Gasteiger partial charge in [0.1, 0.15) is 14.3 Å². The molecule has 1 aliphatic rings. The number of oxazole rings is 1. The summed E-state index contributed by atoms with van der Waals surface area (Å²) in [6, 6.07) is 61.3. The summed E-state index contributed by atoms with van der Waals surface area (Å²) in [4.78, 5) is 8.08. The van der Waals surface area contributed by atoms with E-state index in [1.807, 2.05) is 23.9 Å². The summed E-state index contributed by atoms with van der Waals surface area (Å²) in [5, 5.41) is 8.70. The molecule has 0 amide bonds. The largest absolute Gasteiger partial charge is 0.423 e. The Morgan fingerprint density at radius 3 is 2.02 bits per heavy atom. The first-order valence-corrected chi connectivity index (χ1v) is 23.9. The number of hydrogen-bond acceptors (Lipinski definition) is 3. The number of hydrogen-bond donors (Lipinski definition) is 0. The van der Waals surface area contributed by atoms with E-state index in [1.165, 1.54) is 41.7 Å². The van der Waals surface area contributed by atoms with Crippen molar-refractivity contribution in [1.29, 1.82) is 0 Å². The van der Waals surface area contributed by atoms with Crippen molar-refractivity contribution in [3.05, 3.63) is 169 Å². The van der Waals surface area contributed by atoms with Gasteiger partial charge < -0.3 is 4.42 Å². The number of benzene rings is 7. The van der Waals surface area contributed by atoms with Gasteiger partial charge in [0.15, 0.2) is 13.7 Å². The first kappa shape index (κ1) is 33.2. The molecule has 6 heteroatoms. The third-order valence-corrected chi connectivity index (χ3v) is 20.9. The van der Waals surface area contributed by atoms with E-state index in [4.69, 9.17) is 9.40 Å². The molecule has 3 nitrogen and oxygen atoms in total. The molecule has 1 unspecified atom stereocenters. The third kappa shape index (κ3) is 4.97. The van der Waals surface area contributed by atoms with Crippen LogP contribution in [0, 0.1) is 0 Å². The fourth-order valence-electron chi connectivity index (χ4n) is 8.93. The van der Waals surface area contributed by atoms with Crippen molar-refractivity contribution in [3.8, 4) is 11.1 Å². The predicted molar refractivity (Wildman–Crippen MR) is 233 cm³/mol. The van der Waals surface area contributed by atoms with Crippen LogP contribution in [-0.4, -0.2) is 26.3 Å². The van der Waals surface area contributed by atoms with Crippen molar-refractivity contribution < 1.29 is 4.42 Å². The van der Waals surface area contributed by atoms with E-state index in [0.29, 0.717) is 5.84 Å². The van der Waals surface area contributed by atoms with Gasteiger partial charge in [0, 0.05) is 15.4 Å². The molecule has 0 saturated heterocycles. The van der Waals surface area contributed by atoms with Crippen LogP contribution in [-0.2, 0) is 5.41 Å². The molecule has 1 atom stereocenters. The van der Waals surface area contributed by atoms with Gasteiger partial charge in [0.05, 0.1) is 11.0 Å². The molecule has 0 bridgehead atoms. The maximum Gasteiger partial charge on any atom is 0.307 e. The molecule has 1 aliphatic heterocycles. The standard InChI is InChI=1S/C48H40N2OSSi2/c1-48(2,3)37-30-29-34(31-36(37)35-21-15-23-39-45(35)49-47-50(39)38-22-11-12-24-40(38)51-47)54(32-17-7-5-8-18-32,33-19-9-6-10-20-33)44-28-16-27-43-46(44)52-41-25-13-14-26-42(41)53(43)4/h5-31,53H,1-4H3. The predicted octanol–water partition coefficient (Wildman–Crippen LogP) is 8.01. The van der Waals surface area contributed by atoms with E-state index in [9.17, 15) is 0 Å². The van der Waals surface area contributed by atoms with Crippen LogP contribution in [0.2, 0.25) is 6.55 Å². The zero-order chi connectivity index (χ0) is 36.6. The molecule has 10 rings (SSSR count). The Bertz CT molecular complexity index is 2830. The van der Waals surface area contributed by atoms with Crippen LogP contribution in [0.1, 0.15) is 26.3 Å². The summed E-state index contributed by atoms with van der Waals surface area (Å²) in [6.45, 7) is 9.48. The number of imidazole rings is 1. The number of para-hydroxylation sites is 3. The maximum atomic E-state index is 6.32. The second-order valence-electron chi connectivity index (χ2n) is 15.6. The third-order valence-electron chi connectivity index (χ3n) is 11.4. The SMILES string of the molecule is C[SiH]1c2ccccc2Sc2c1cccc2[Si](c1ccccc1)(c1ccccc1)c1ccc(C(C)(C)C)c(-c2cccc3c2nc2oc4ccccc4n23)c1. The number of aromatic nitrogens is 2. The van der Waals surface area contributed by atoms with E-state index in [0.717, 1.165) is 27.7 Å². The second kappa shape index (κ2) is 12.6. The Labute approximate surface area is 323 Å². The first-order chi connectivity index (χ1) is 26.3. The molecule has 2 aromatic heterocycles. The molecule has 0 aliphatic carbocycles. The Kier molecular flexibility index (Phi) is 7.74. The summed E-state index contributed by atoms with van der Waals surface area (Å²) in [7, 11) is -4.38. The van der Waals surface area contributed by atoms with Crippen LogP contribution in [0.4, 0.5) is 0 Å². The average Bonchev–Trinajstić information content (AvgIpc) is 3.75. The normalized spacial score (nSPS) is 14.4. The summed E-state index contributed by atoms with van der Waals surface area (Å²) in [5.41, 5.74) is 7.43. The minimum Gasteiger partial charge on any atom is -0.423 e. The van der Waals surface area contributed by atoms with Gasteiger partial charge in [-0.25, -0.2) is 0 Å². The number of nitrogens with zero attached hydrogens (tertiary/aromatic N) is 2. The van der Waals surface area contributed by atoms with Crippen molar-refractivity contribution in [1.82, 2.24) is 9.38 Å². The van der Waals surface area contributed by atoms with E-state index in [2.05, 4.69) is 183 Å². The maximum absolute atomic E-state index is 6.32. The smallest absolute Gasteiger partial charge is 0.307 e. The van der Waals surface area contributed by atoms with Gasteiger partial charge >= 0.3 is 5.84 Å². The van der Waals surface area contributed by atoms with Gasteiger partial charge in [0.25, 0.3) is 0 Å². The van der Waals surface area contributed by atoms with Crippen LogP contribution in [0.5, 0.6) is 0 Å². The molecule has 3 heterocycles. The second-order valence-corrected chi connectivity index (χ2v) is 23.1. The zero-order valence-corrected chi connectivity index (χ0v) is 33.8. The van der Waals surface area contributed by atoms with E-state index < -0.39 is 16.9 Å². The van der Waals surface area contributed by atoms with Crippen LogP contribution in [0.15, 0.2) is 178 Å². The van der Waals surface area contributed by atoms with Gasteiger partial charge in [-0.2, -0.15) is 4.98 Å². The van der Waals surface area contributed by atoms with E-state index in [-0.39, 0.29) is 5.41 Å². The molecule has 0 saturated carbocycles.